The van der Waals surface area contributed by atoms with Crippen molar-refractivity contribution in [3.63, 3.8) is 0 Å². The number of aliphatic imine (C=N–C) groups is 1. The Balaban J connectivity index is 0. The lowest BCUT2D eigenvalue weighted by atomic mass is 10.8. The van der Waals surface area contributed by atoms with Crippen LogP contribution in [0.3, 0.4) is 0 Å². The van der Waals surface area contributed by atoms with Crippen LogP contribution in [0.25, 0.3) is 0 Å². The fraction of sp³-hybridized carbons (Fsp3) is 0.857. The predicted molar refractivity (Wildman–Crippen MR) is 42.0 cm³/mol. The zero-order valence-electron chi connectivity index (χ0n) is 6.85. The van der Waals surface area contributed by atoms with Gasteiger partial charge in [0.05, 0.1) is 6.61 Å². The first-order chi connectivity index (χ1) is 4.50. The van der Waals surface area contributed by atoms with Gasteiger partial charge in [-0.2, -0.15) is 0 Å². The number of ether oxygens (including phenoxy) is 1. The molecule has 0 N–H and O–H groups in total. The Morgan fingerprint density at radius 1 is 1.22 bits per heavy atom. The summed E-state index contributed by atoms with van der Waals surface area (Å²) in [6, 6.07) is 0. The standard InChI is InChI=1S/C3H5NO.2C2H6/c1-2-5-3-4-1;2*1-2/h1H,2-3H2;2*1-2H3. The van der Waals surface area contributed by atoms with Crippen LogP contribution in [0, 0.1) is 0 Å². The molecule has 0 aromatic heterocycles. The summed E-state index contributed by atoms with van der Waals surface area (Å²) in [5.74, 6) is 0. The summed E-state index contributed by atoms with van der Waals surface area (Å²) < 4.78 is 4.72. The molecule has 0 saturated heterocycles. The van der Waals surface area contributed by atoms with Crippen molar-refractivity contribution in [2.24, 2.45) is 4.99 Å². The zero-order chi connectivity index (χ0) is 7.54. The van der Waals surface area contributed by atoms with E-state index in [0.717, 1.165) is 0 Å². The van der Waals surface area contributed by atoms with E-state index in [1.54, 1.807) is 6.21 Å². The summed E-state index contributed by atoms with van der Waals surface area (Å²) >= 11 is 0. The Bertz CT molecular complexity index is 46.9. The molecule has 2 nitrogen and oxygen atoms in total. The van der Waals surface area contributed by atoms with Crippen molar-refractivity contribution in [2.45, 2.75) is 27.7 Å². The quantitative estimate of drug-likeness (QED) is 0.493. The molecule has 1 aliphatic heterocycles. The average molecular weight is 131 g/mol. The molecular formula is C7H17NO. The van der Waals surface area contributed by atoms with Gasteiger partial charge in [0.1, 0.15) is 6.73 Å². The van der Waals surface area contributed by atoms with Gasteiger partial charge in [-0.15, -0.1) is 0 Å². The average Bonchev–Trinajstić information content (AvgIpc) is 2.51. The van der Waals surface area contributed by atoms with Crippen molar-refractivity contribution in [3.8, 4) is 0 Å². The third kappa shape index (κ3) is 11.3. The highest BCUT2D eigenvalue weighted by Gasteiger charge is 1.84. The maximum absolute atomic E-state index is 4.72. The van der Waals surface area contributed by atoms with Crippen LogP contribution >= 0.6 is 0 Å². The van der Waals surface area contributed by atoms with Crippen LogP contribution in [0.2, 0.25) is 0 Å². The van der Waals surface area contributed by atoms with E-state index < -0.39 is 0 Å². The van der Waals surface area contributed by atoms with E-state index in [9.17, 15) is 0 Å². The molecule has 0 aromatic carbocycles. The van der Waals surface area contributed by atoms with Crippen LogP contribution in [-0.2, 0) is 4.74 Å². The van der Waals surface area contributed by atoms with Crippen LogP contribution in [0.15, 0.2) is 4.99 Å². The fourth-order valence-corrected chi connectivity index (χ4v) is 0.264. The lowest BCUT2D eigenvalue weighted by molar-refractivity contribution is 0.203. The van der Waals surface area contributed by atoms with Crippen LogP contribution in [0.5, 0.6) is 0 Å². The number of hydrogen-bond acceptors (Lipinski definition) is 2. The van der Waals surface area contributed by atoms with Crippen molar-refractivity contribution in [2.75, 3.05) is 13.3 Å². The van der Waals surface area contributed by atoms with Crippen LogP contribution in [0.1, 0.15) is 27.7 Å². The Kier molecular flexibility index (Phi) is 19.9. The lowest BCUT2D eigenvalue weighted by Crippen LogP contribution is -1.79. The van der Waals surface area contributed by atoms with Crippen LogP contribution < -0.4 is 0 Å². The van der Waals surface area contributed by atoms with Crippen molar-refractivity contribution >= 4 is 6.21 Å². The van der Waals surface area contributed by atoms with E-state index in [0.29, 0.717) is 13.3 Å². The molecule has 56 valence electrons. The lowest BCUT2D eigenvalue weighted by Gasteiger charge is -1.75. The summed E-state index contributed by atoms with van der Waals surface area (Å²) in [6.07, 6.45) is 1.76. The van der Waals surface area contributed by atoms with E-state index in [2.05, 4.69) is 4.99 Å². The van der Waals surface area contributed by atoms with E-state index >= 15 is 0 Å². The van der Waals surface area contributed by atoms with Crippen molar-refractivity contribution < 1.29 is 4.74 Å². The zero-order valence-corrected chi connectivity index (χ0v) is 6.85. The maximum Gasteiger partial charge on any atom is 0.137 e. The molecule has 0 unspecified atom stereocenters. The molecule has 0 aliphatic carbocycles. The molecule has 2 heteroatoms. The number of nitrogens with zero attached hydrogens (tertiary/aromatic N) is 1. The van der Waals surface area contributed by atoms with E-state index in [1.807, 2.05) is 27.7 Å². The molecule has 0 saturated carbocycles. The first kappa shape index (κ1) is 11.4. The smallest absolute Gasteiger partial charge is 0.137 e. The van der Waals surface area contributed by atoms with Gasteiger partial charge in [0, 0.05) is 6.21 Å². The molecule has 1 heterocycles. The summed E-state index contributed by atoms with van der Waals surface area (Å²) in [6.45, 7) is 9.28. The van der Waals surface area contributed by atoms with Gasteiger partial charge < -0.3 is 4.74 Å². The molecule has 0 radical (unpaired) electrons. The molecule has 0 fully saturated rings. The molecule has 0 bridgehead atoms. The first-order valence-electron chi connectivity index (χ1n) is 3.56. The third-order valence-electron chi connectivity index (χ3n) is 0.487. The van der Waals surface area contributed by atoms with Gasteiger partial charge in [0.25, 0.3) is 0 Å². The minimum Gasteiger partial charge on any atom is -0.354 e. The van der Waals surface area contributed by atoms with Gasteiger partial charge in [-0.25, -0.2) is 0 Å². The summed E-state index contributed by atoms with van der Waals surface area (Å²) in [7, 11) is 0. The second-order valence-electron chi connectivity index (χ2n) is 0.865. The second kappa shape index (κ2) is 15.6. The minimum atomic E-state index is 0.569. The second-order valence-corrected chi connectivity index (χ2v) is 0.865. The Morgan fingerprint density at radius 2 is 1.78 bits per heavy atom. The Hall–Kier alpha value is -0.370. The molecule has 0 spiro atoms. The highest BCUT2D eigenvalue weighted by atomic mass is 16.5. The predicted octanol–water partition coefficient (Wildman–Crippen LogP) is 2.10. The first-order valence-corrected chi connectivity index (χ1v) is 3.56. The van der Waals surface area contributed by atoms with E-state index in [4.69, 9.17) is 4.74 Å². The summed E-state index contributed by atoms with van der Waals surface area (Å²) in [4.78, 5) is 3.74. The van der Waals surface area contributed by atoms with Gasteiger partial charge in [-0.1, -0.05) is 27.7 Å². The molecule has 0 atom stereocenters. The molecule has 0 amide bonds. The van der Waals surface area contributed by atoms with Crippen molar-refractivity contribution in [1.82, 2.24) is 0 Å². The number of rotatable bonds is 0. The number of hydrogen-bond donors (Lipinski definition) is 0. The molecule has 1 aliphatic rings. The van der Waals surface area contributed by atoms with Crippen LogP contribution in [-0.4, -0.2) is 19.6 Å². The fourth-order valence-electron chi connectivity index (χ4n) is 0.264. The summed E-state index contributed by atoms with van der Waals surface area (Å²) in [5.41, 5.74) is 0. The molecule has 9 heavy (non-hydrogen) atoms. The largest absolute Gasteiger partial charge is 0.354 e. The van der Waals surface area contributed by atoms with Crippen molar-refractivity contribution in [3.05, 3.63) is 0 Å². The van der Waals surface area contributed by atoms with Gasteiger partial charge in [0.2, 0.25) is 0 Å². The van der Waals surface area contributed by atoms with E-state index in [1.165, 1.54) is 0 Å². The van der Waals surface area contributed by atoms with Gasteiger partial charge in [-0.05, 0) is 0 Å². The van der Waals surface area contributed by atoms with Gasteiger partial charge in [0.15, 0.2) is 0 Å². The topological polar surface area (TPSA) is 21.6 Å². The Morgan fingerprint density at radius 3 is 1.89 bits per heavy atom. The van der Waals surface area contributed by atoms with E-state index in [-0.39, 0.29) is 0 Å². The minimum absolute atomic E-state index is 0.569. The SMILES string of the molecule is C1=NCOC1.CC.CC. The molecular weight excluding hydrogens is 114 g/mol. The monoisotopic (exact) mass is 131 g/mol. The van der Waals surface area contributed by atoms with Crippen molar-refractivity contribution in [1.29, 1.82) is 0 Å². The molecule has 1 rings (SSSR count). The third-order valence-corrected chi connectivity index (χ3v) is 0.487. The summed E-state index contributed by atoms with van der Waals surface area (Å²) in [5, 5.41) is 0. The highest BCUT2D eigenvalue weighted by Crippen LogP contribution is 1.79. The maximum atomic E-state index is 4.72. The highest BCUT2D eigenvalue weighted by molar-refractivity contribution is 5.59. The normalized spacial score (nSPS) is 12.9. The Labute approximate surface area is 57.9 Å². The van der Waals surface area contributed by atoms with Gasteiger partial charge in [-0.3, -0.25) is 4.99 Å². The van der Waals surface area contributed by atoms with Crippen LogP contribution in [0.4, 0.5) is 0 Å². The van der Waals surface area contributed by atoms with Gasteiger partial charge >= 0.3 is 0 Å². The molecule has 0 aromatic rings.